The van der Waals surface area contributed by atoms with Crippen LogP contribution in [0.5, 0.6) is 0 Å². The van der Waals surface area contributed by atoms with Crippen LogP contribution >= 0.6 is 0 Å². The van der Waals surface area contributed by atoms with Crippen molar-refractivity contribution >= 4 is 0 Å². The molecule has 0 amide bonds. The lowest BCUT2D eigenvalue weighted by atomic mass is 9.70. The third-order valence-electron chi connectivity index (χ3n) is 12.7. The molecule has 284 valence electrons. The summed E-state index contributed by atoms with van der Waals surface area (Å²) in [7, 11) is 0. The first-order chi connectivity index (χ1) is 30.2. The Morgan fingerprint density at radius 1 is 0.230 bits per heavy atom. The molecule has 0 radical (unpaired) electrons. The Labute approximate surface area is 356 Å². The number of rotatable bonds is 6. The van der Waals surface area contributed by atoms with Crippen LogP contribution in [0, 0.1) is 0 Å². The van der Waals surface area contributed by atoms with Gasteiger partial charge in [-0.3, -0.25) is 0 Å². The minimum absolute atomic E-state index is 0.335. The molecular formula is C59H38N2. The van der Waals surface area contributed by atoms with E-state index in [-0.39, 0.29) is 5.41 Å². The first-order valence-electron chi connectivity index (χ1n) is 21.0. The van der Waals surface area contributed by atoms with Crippen LogP contribution in [0.25, 0.3) is 89.5 Å². The van der Waals surface area contributed by atoms with Crippen LogP contribution in [-0.2, 0) is 5.41 Å². The van der Waals surface area contributed by atoms with Crippen molar-refractivity contribution in [1.29, 1.82) is 0 Å². The van der Waals surface area contributed by atoms with E-state index in [2.05, 4.69) is 218 Å². The van der Waals surface area contributed by atoms with Crippen LogP contribution in [0.1, 0.15) is 22.3 Å². The molecule has 10 aromatic rings. The summed E-state index contributed by atoms with van der Waals surface area (Å²) in [6.07, 6.45) is 0. The fraction of sp³-hybridized carbons (Fsp3) is 0.0169. The Bertz CT molecular complexity index is 3210. The standard InChI is InChI=1S/C59H38N2/c1-3-16-39(17-4-1)56-38-57(40-18-5-2-6-19-40)61-58(60-56)47-25-15-24-45(36-47)43-22-13-20-41(34-43)42-21-14-23-44(35-42)46-32-33-55-51(37-46)50-28-9-12-31-54(50)59(55)52-29-10-7-26-48(52)49-27-8-11-30-53(49)59/h1-38H. The summed E-state index contributed by atoms with van der Waals surface area (Å²) in [4.78, 5) is 10.2. The van der Waals surface area contributed by atoms with E-state index in [4.69, 9.17) is 9.97 Å². The molecule has 9 aromatic carbocycles. The van der Waals surface area contributed by atoms with Crippen molar-refractivity contribution in [3.8, 4) is 89.5 Å². The molecule has 0 unspecified atom stereocenters. The van der Waals surface area contributed by atoms with Crippen molar-refractivity contribution in [2.24, 2.45) is 0 Å². The molecule has 2 nitrogen and oxygen atoms in total. The molecule has 0 bridgehead atoms. The Morgan fingerprint density at radius 2 is 0.574 bits per heavy atom. The number of nitrogens with zero attached hydrogens (tertiary/aromatic N) is 2. The van der Waals surface area contributed by atoms with Gasteiger partial charge >= 0.3 is 0 Å². The van der Waals surface area contributed by atoms with Crippen molar-refractivity contribution in [1.82, 2.24) is 9.97 Å². The van der Waals surface area contributed by atoms with Crippen LogP contribution < -0.4 is 0 Å². The Balaban J connectivity index is 0.909. The Kier molecular flexibility index (Phi) is 8.11. The maximum Gasteiger partial charge on any atom is 0.160 e. The first-order valence-corrected chi connectivity index (χ1v) is 21.0. The number of benzene rings is 9. The van der Waals surface area contributed by atoms with Gasteiger partial charge in [0.15, 0.2) is 5.82 Å². The highest BCUT2D eigenvalue weighted by atomic mass is 14.9. The summed E-state index contributed by atoms with van der Waals surface area (Å²) in [5.41, 5.74) is 22.3. The smallest absolute Gasteiger partial charge is 0.160 e. The van der Waals surface area contributed by atoms with Gasteiger partial charge in [-0.15, -0.1) is 0 Å². The maximum absolute atomic E-state index is 5.10. The molecule has 61 heavy (non-hydrogen) atoms. The zero-order valence-corrected chi connectivity index (χ0v) is 33.3. The van der Waals surface area contributed by atoms with Crippen molar-refractivity contribution in [3.63, 3.8) is 0 Å². The second-order valence-electron chi connectivity index (χ2n) is 16.1. The topological polar surface area (TPSA) is 25.8 Å². The number of fused-ring (bicyclic) bond motifs is 10. The molecule has 0 saturated carbocycles. The highest BCUT2D eigenvalue weighted by Gasteiger charge is 2.51. The molecule has 2 aliphatic carbocycles. The van der Waals surface area contributed by atoms with Crippen LogP contribution in [0.4, 0.5) is 0 Å². The summed E-state index contributed by atoms with van der Waals surface area (Å²) in [6, 6.07) is 83.4. The molecule has 0 saturated heterocycles. The van der Waals surface area contributed by atoms with Gasteiger partial charge in [-0.05, 0) is 108 Å². The van der Waals surface area contributed by atoms with Gasteiger partial charge in [-0.1, -0.05) is 200 Å². The maximum atomic E-state index is 5.10. The van der Waals surface area contributed by atoms with Gasteiger partial charge in [0.05, 0.1) is 16.8 Å². The van der Waals surface area contributed by atoms with Crippen molar-refractivity contribution in [3.05, 3.63) is 253 Å². The number of hydrogen-bond donors (Lipinski definition) is 0. The average Bonchev–Trinajstić information content (AvgIpc) is 3.82. The summed E-state index contributed by atoms with van der Waals surface area (Å²) < 4.78 is 0. The van der Waals surface area contributed by atoms with Gasteiger partial charge in [0.2, 0.25) is 0 Å². The van der Waals surface area contributed by atoms with Gasteiger partial charge in [-0.2, -0.15) is 0 Å². The monoisotopic (exact) mass is 774 g/mol. The first kappa shape index (κ1) is 35.0. The third kappa shape index (κ3) is 5.64. The lowest BCUT2D eigenvalue weighted by Crippen LogP contribution is -2.25. The van der Waals surface area contributed by atoms with Crippen LogP contribution in [-0.4, -0.2) is 9.97 Å². The van der Waals surface area contributed by atoms with E-state index in [1.807, 2.05) is 12.1 Å². The van der Waals surface area contributed by atoms with Gasteiger partial charge in [0, 0.05) is 16.7 Å². The van der Waals surface area contributed by atoms with Crippen LogP contribution in [0.15, 0.2) is 231 Å². The minimum Gasteiger partial charge on any atom is -0.228 e. The van der Waals surface area contributed by atoms with E-state index in [1.165, 1.54) is 66.8 Å². The molecule has 1 aromatic heterocycles. The Morgan fingerprint density at radius 3 is 1.05 bits per heavy atom. The number of hydrogen-bond acceptors (Lipinski definition) is 2. The lowest BCUT2D eigenvalue weighted by molar-refractivity contribution is 0.794. The zero-order valence-electron chi connectivity index (χ0n) is 33.3. The van der Waals surface area contributed by atoms with Gasteiger partial charge in [0.25, 0.3) is 0 Å². The van der Waals surface area contributed by atoms with Gasteiger partial charge in [0.1, 0.15) is 0 Å². The fourth-order valence-electron chi connectivity index (χ4n) is 9.96. The molecular weight excluding hydrogens is 737 g/mol. The predicted molar refractivity (Wildman–Crippen MR) is 251 cm³/mol. The summed E-state index contributed by atoms with van der Waals surface area (Å²) in [5.74, 6) is 0.704. The SMILES string of the molecule is c1ccc(-c2cc(-c3ccccc3)nc(-c3cccc(-c4cccc(-c5cccc(-c6ccc7c(c6)-c6ccccc6C76c7ccccc7-c7ccccc76)c5)c4)c3)n2)cc1. The second kappa shape index (κ2) is 14.1. The molecule has 2 aliphatic rings. The van der Waals surface area contributed by atoms with E-state index in [0.29, 0.717) is 5.82 Å². The summed E-state index contributed by atoms with van der Waals surface area (Å²) in [6.45, 7) is 0. The fourth-order valence-corrected chi connectivity index (χ4v) is 9.96. The lowest BCUT2D eigenvalue weighted by Gasteiger charge is -2.30. The highest BCUT2D eigenvalue weighted by Crippen LogP contribution is 2.63. The summed E-state index contributed by atoms with van der Waals surface area (Å²) >= 11 is 0. The highest BCUT2D eigenvalue weighted by molar-refractivity contribution is 5.96. The van der Waals surface area contributed by atoms with E-state index in [0.717, 1.165) is 39.2 Å². The van der Waals surface area contributed by atoms with Crippen molar-refractivity contribution in [2.45, 2.75) is 5.41 Å². The molecule has 12 rings (SSSR count). The third-order valence-corrected chi connectivity index (χ3v) is 12.7. The summed E-state index contributed by atoms with van der Waals surface area (Å²) in [5, 5.41) is 0. The second-order valence-corrected chi connectivity index (χ2v) is 16.1. The minimum atomic E-state index is -0.335. The van der Waals surface area contributed by atoms with E-state index < -0.39 is 0 Å². The number of aromatic nitrogens is 2. The molecule has 1 heterocycles. The van der Waals surface area contributed by atoms with Gasteiger partial charge < -0.3 is 0 Å². The molecule has 0 N–H and O–H groups in total. The predicted octanol–water partition coefficient (Wildman–Crippen LogP) is 14.8. The van der Waals surface area contributed by atoms with Crippen molar-refractivity contribution < 1.29 is 0 Å². The van der Waals surface area contributed by atoms with Gasteiger partial charge in [-0.25, -0.2) is 9.97 Å². The largest absolute Gasteiger partial charge is 0.228 e. The zero-order chi connectivity index (χ0) is 40.3. The van der Waals surface area contributed by atoms with E-state index in [9.17, 15) is 0 Å². The van der Waals surface area contributed by atoms with Crippen LogP contribution in [0.2, 0.25) is 0 Å². The average molecular weight is 775 g/mol. The van der Waals surface area contributed by atoms with Crippen molar-refractivity contribution in [2.75, 3.05) is 0 Å². The quantitative estimate of drug-likeness (QED) is 0.168. The molecule has 0 fully saturated rings. The molecule has 0 atom stereocenters. The van der Waals surface area contributed by atoms with E-state index >= 15 is 0 Å². The molecule has 0 aliphatic heterocycles. The van der Waals surface area contributed by atoms with E-state index in [1.54, 1.807) is 0 Å². The molecule has 1 spiro atoms. The normalized spacial score (nSPS) is 12.7. The molecule has 2 heteroatoms. The van der Waals surface area contributed by atoms with Crippen LogP contribution in [0.3, 0.4) is 0 Å². The Hall–Kier alpha value is -7.94.